The minimum Gasteiger partial charge on any atom is -0.344 e. The van der Waals surface area contributed by atoms with Gasteiger partial charge in [-0.1, -0.05) is 0 Å². The summed E-state index contributed by atoms with van der Waals surface area (Å²) in [5, 5.41) is 26.2. The van der Waals surface area contributed by atoms with Crippen molar-refractivity contribution >= 4 is 11.2 Å². The third kappa shape index (κ3) is 2.66. The molecule has 2 rings (SSSR count). The Labute approximate surface area is 90.5 Å². The number of nitrogens with zero attached hydrogens (tertiary/aromatic N) is 4. The van der Waals surface area contributed by atoms with E-state index in [4.69, 9.17) is 15.3 Å². The second-order valence-corrected chi connectivity index (χ2v) is 3.33. The van der Waals surface area contributed by atoms with Gasteiger partial charge in [0.05, 0.1) is 6.20 Å². The van der Waals surface area contributed by atoms with Crippen molar-refractivity contribution in [3.8, 4) is 0 Å². The summed E-state index contributed by atoms with van der Waals surface area (Å²) in [6.07, 6.45) is 4.41. The molecule has 0 amide bonds. The summed E-state index contributed by atoms with van der Waals surface area (Å²) in [6, 6.07) is 0. The SMILES string of the molecule is OC(O)(O)CCc1ncc2nccnc2n1. The molecule has 2 aromatic rings. The number of aryl methyl sites for hydroxylation is 1. The van der Waals surface area contributed by atoms with Crippen LogP contribution in [0, 0.1) is 0 Å². The smallest absolute Gasteiger partial charge is 0.275 e. The lowest BCUT2D eigenvalue weighted by Crippen LogP contribution is -2.27. The van der Waals surface area contributed by atoms with Gasteiger partial charge in [0, 0.05) is 25.2 Å². The van der Waals surface area contributed by atoms with Crippen LogP contribution in [-0.2, 0) is 6.42 Å². The molecular formula is C9H10N4O3. The third-order valence-corrected chi connectivity index (χ3v) is 1.96. The average molecular weight is 222 g/mol. The lowest BCUT2D eigenvalue weighted by Gasteiger charge is -2.12. The Morgan fingerprint density at radius 1 is 1.06 bits per heavy atom. The molecular weight excluding hydrogens is 212 g/mol. The van der Waals surface area contributed by atoms with Crippen molar-refractivity contribution in [2.45, 2.75) is 18.8 Å². The van der Waals surface area contributed by atoms with Crippen LogP contribution in [0.25, 0.3) is 11.2 Å². The quantitative estimate of drug-likeness (QED) is 0.570. The van der Waals surface area contributed by atoms with Crippen molar-refractivity contribution < 1.29 is 15.3 Å². The van der Waals surface area contributed by atoms with Crippen LogP contribution < -0.4 is 0 Å². The van der Waals surface area contributed by atoms with Crippen molar-refractivity contribution in [3.63, 3.8) is 0 Å². The highest BCUT2D eigenvalue weighted by atomic mass is 16.7. The van der Waals surface area contributed by atoms with Gasteiger partial charge in [-0.05, 0) is 0 Å². The van der Waals surface area contributed by atoms with E-state index >= 15 is 0 Å². The van der Waals surface area contributed by atoms with Crippen LogP contribution in [0.2, 0.25) is 0 Å². The molecule has 0 aliphatic rings. The van der Waals surface area contributed by atoms with Gasteiger partial charge >= 0.3 is 0 Å². The maximum atomic E-state index is 8.72. The van der Waals surface area contributed by atoms with Crippen LogP contribution in [0.5, 0.6) is 0 Å². The van der Waals surface area contributed by atoms with E-state index in [1.165, 1.54) is 18.6 Å². The van der Waals surface area contributed by atoms with Crippen molar-refractivity contribution in [3.05, 3.63) is 24.4 Å². The normalized spacial score (nSPS) is 11.9. The van der Waals surface area contributed by atoms with Gasteiger partial charge in [-0.15, -0.1) is 0 Å². The third-order valence-electron chi connectivity index (χ3n) is 1.96. The molecule has 7 heteroatoms. The molecule has 0 aromatic carbocycles. The zero-order valence-corrected chi connectivity index (χ0v) is 8.28. The van der Waals surface area contributed by atoms with Crippen molar-refractivity contribution in [1.82, 2.24) is 19.9 Å². The molecule has 0 aliphatic carbocycles. The van der Waals surface area contributed by atoms with Crippen LogP contribution in [-0.4, -0.2) is 41.2 Å². The molecule has 2 heterocycles. The first-order valence-corrected chi connectivity index (χ1v) is 4.64. The molecule has 0 aliphatic heterocycles. The van der Waals surface area contributed by atoms with Crippen molar-refractivity contribution in [2.24, 2.45) is 0 Å². The molecule has 2 aromatic heterocycles. The summed E-state index contributed by atoms with van der Waals surface area (Å²) in [5.41, 5.74) is 1.00. The Balaban J connectivity index is 2.20. The maximum absolute atomic E-state index is 8.72. The molecule has 16 heavy (non-hydrogen) atoms. The van der Waals surface area contributed by atoms with Gasteiger partial charge in [-0.25, -0.2) is 19.9 Å². The summed E-state index contributed by atoms with van der Waals surface area (Å²) in [5.74, 6) is -2.32. The predicted molar refractivity (Wildman–Crippen MR) is 52.8 cm³/mol. The largest absolute Gasteiger partial charge is 0.344 e. The number of rotatable bonds is 3. The number of aliphatic hydroxyl groups is 3. The fraction of sp³-hybridized carbons (Fsp3) is 0.333. The summed E-state index contributed by atoms with van der Waals surface area (Å²) >= 11 is 0. The minimum atomic E-state index is -2.69. The van der Waals surface area contributed by atoms with Gasteiger partial charge in [0.15, 0.2) is 5.65 Å². The molecule has 0 atom stereocenters. The van der Waals surface area contributed by atoms with Crippen LogP contribution in [0.4, 0.5) is 0 Å². The van der Waals surface area contributed by atoms with E-state index < -0.39 is 5.97 Å². The molecule has 0 radical (unpaired) electrons. The molecule has 0 bridgehead atoms. The second-order valence-electron chi connectivity index (χ2n) is 3.33. The second kappa shape index (κ2) is 4.05. The topological polar surface area (TPSA) is 112 Å². The van der Waals surface area contributed by atoms with Gasteiger partial charge < -0.3 is 15.3 Å². The highest BCUT2D eigenvalue weighted by Gasteiger charge is 2.18. The Kier molecular flexibility index (Phi) is 2.73. The minimum absolute atomic E-state index is 0.135. The van der Waals surface area contributed by atoms with E-state index in [2.05, 4.69) is 19.9 Å². The lowest BCUT2D eigenvalue weighted by molar-refractivity contribution is -0.314. The highest BCUT2D eigenvalue weighted by Crippen LogP contribution is 2.08. The van der Waals surface area contributed by atoms with Gasteiger partial charge in [-0.2, -0.15) is 0 Å². The lowest BCUT2D eigenvalue weighted by atomic mass is 10.2. The first-order chi connectivity index (χ1) is 7.54. The van der Waals surface area contributed by atoms with E-state index in [-0.39, 0.29) is 12.8 Å². The van der Waals surface area contributed by atoms with Crippen molar-refractivity contribution in [2.75, 3.05) is 0 Å². The zero-order valence-electron chi connectivity index (χ0n) is 8.28. The highest BCUT2D eigenvalue weighted by molar-refractivity contribution is 5.67. The fourth-order valence-electron chi connectivity index (χ4n) is 1.21. The molecule has 0 spiro atoms. The Morgan fingerprint density at radius 2 is 1.81 bits per heavy atom. The number of hydrogen-bond acceptors (Lipinski definition) is 7. The van der Waals surface area contributed by atoms with E-state index in [9.17, 15) is 0 Å². The van der Waals surface area contributed by atoms with E-state index in [1.807, 2.05) is 0 Å². The van der Waals surface area contributed by atoms with Gasteiger partial charge in [0.25, 0.3) is 5.97 Å². The molecule has 0 saturated carbocycles. The monoisotopic (exact) mass is 222 g/mol. The zero-order chi connectivity index (χ0) is 11.6. The van der Waals surface area contributed by atoms with E-state index in [0.717, 1.165) is 0 Å². The summed E-state index contributed by atoms with van der Waals surface area (Å²) in [6.45, 7) is 0. The fourth-order valence-corrected chi connectivity index (χ4v) is 1.21. The first-order valence-electron chi connectivity index (χ1n) is 4.64. The van der Waals surface area contributed by atoms with Gasteiger partial charge in [0.2, 0.25) is 0 Å². The number of fused-ring (bicyclic) bond motifs is 1. The summed E-state index contributed by atoms with van der Waals surface area (Å²) in [4.78, 5) is 16.0. The van der Waals surface area contributed by atoms with Gasteiger partial charge in [-0.3, -0.25) is 0 Å². The van der Waals surface area contributed by atoms with Gasteiger partial charge in [0.1, 0.15) is 11.3 Å². The maximum Gasteiger partial charge on any atom is 0.275 e. The van der Waals surface area contributed by atoms with Crippen LogP contribution in [0.15, 0.2) is 18.6 Å². The Bertz CT molecular complexity index is 497. The molecule has 0 saturated heterocycles. The molecule has 3 N–H and O–H groups in total. The van der Waals surface area contributed by atoms with Crippen LogP contribution in [0.1, 0.15) is 12.2 Å². The summed E-state index contributed by atoms with van der Waals surface area (Å²) in [7, 11) is 0. The predicted octanol–water partition coefficient (Wildman–Crippen LogP) is -1.02. The number of aromatic nitrogens is 4. The van der Waals surface area contributed by atoms with E-state index in [0.29, 0.717) is 17.0 Å². The van der Waals surface area contributed by atoms with E-state index in [1.54, 1.807) is 0 Å². The molecule has 84 valence electrons. The average Bonchev–Trinajstić information content (AvgIpc) is 2.25. The number of hydrogen-bond donors (Lipinski definition) is 3. The standard InChI is InChI=1S/C9H10N4O3/c14-9(15,16)2-1-7-12-5-6-8(13-7)11-4-3-10-6/h3-5,14-16H,1-2H2. The van der Waals surface area contributed by atoms with Crippen LogP contribution >= 0.6 is 0 Å². The molecule has 7 nitrogen and oxygen atoms in total. The molecule has 0 unspecified atom stereocenters. The van der Waals surface area contributed by atoms with Crippen LogP contribution in [0.3, 0.4) is 0 Å². The summed E-state index contributed by atoms with van der Waals surface area (Å²) < 4.78 is 0. The Hall–Kier alpha value is -1.70. The molecule has 0 fully saturated rings. The van der Waals surface area contributed by atoms with Crippen molar-refractivity contribution in [1.29, 1.82) is 0 Å². The first kappa shape index (κ1) is 10.8. The Morgan fingerprint density at radius 3 is 2.56 bits per heavy atom.